The van der Waals surface area contributed by atoms with Crippen molar-refractivity contribution in [3.63, 3.8) is 0 Å². The van der Waals surface area contributed by atoms with E-state index in [0.29, 0.717) is 0 Å². The maximum absolute atomic E-state index is 12.0. The highest BCUT2D eigenvalue weighted by atomic mass is 19.4. The number of alkyl halides is 3. The van der Waals surface area contributed by atoms with Crippen molar-refractivity contribution in [2.24, 2.45) is 7.05 Å². The molecule has 0 unspecified atom stereocenters. The van der Waals surface area contributed by atoms with Crippen molar-refractivity contribution >= 4 is 5.97 Å². The molecule has 2 rings (SSSR count). The van der Waals surface area contributed by atoms with Gasteiger partial charge in [0.15, 0.2) is 5.69 Å². The summed E-state index contributed by atoms with van der Waals surface area (Å²) in [4.78, 5) is 10.1. The van der Waals surface area contributed by atoms with E-state index in [-0.39, 0.29) is 16.9 Å². The largest absolute Gasteiger partial charge is 0.573 e. The minimum absolute atomic E-state index is 0.0223. The zero-order valence-corrected chi connectivity index (χ0v) is 15.0. The number of halogens is 3. The number of ether oxygens (including phenoxy) is 1. The predicted octanol–water partition coefficient (Wildman–Crippen LogP) is 4.18. The summed E-state index contributed by atoms with van der Waals surface area (Å²) in [6, 6.07) is 6.11. The number of nitrogens with zero attached hydrogens (tertiary/aromatic N) is 3. The lowest BCUT2D eigenvalue weighted by Crippen LogP contribution is -2.18. The Morgan fingerprint density at radius 3 is 2.15 bits per heavy atom. The van der Waals surface area contributed by atoms with Gasteiger partial charge in [0.2, 0.25) is 0 Å². The quantitative estimate of drug-likeness (QED) is 0.851. The summed E-state index contributed by atoms with van der Waals surface area (Å²) in [5.74, 6) is -1.23. The average Bonchev–Trinajstić information content (AvgIpc) is 2.94. The molecule has 2 aromatic rings. The molecule has 0 atom stereocenters. The van der Waals surface area contributed by atoms with Crippen LogP contribution in [0.1, 0.15) is 49.7 Å². The molecule has 0 radical (unpaired) electrons. The molecule has 0 spiro atoms. The summed E-state index contributed by atoms with van der Waals surface area (Å²) in [7, 11) is 1.61. The smallest absolute Gasteiger partial charge is 0.476 e. The lowest BCUT2D eigenvalue weighted by molar-refractivity contribution is -0.274. The number of aryl methyl sites for hydroxylation is 1. The maximum atomic E-state index is 12.0. The molecule has 0 aliphatic carbocycles. The van der Waals surface area contributed by atoms with Crippen molar-refractivity contribution in [1.29, 1.82) is 0 Å². The number of benzene rings is 1. The van der Waals surface area contributed by atoms with Gasteiger partial charge in [0.05, 0.1) is 6.20 Å². The summed E-state index contributed by atoms with van der Waals surface area (Å²) in [5.41, 5.74) is 0.970. The van der Waals surface area contributed by atoms with Crippen LogP contribution in [0.3, 0.4) is 0 Å². The van der Waals surface area contributed by atoms with E-state index in [9.17, 15) is 18.0 Å². The number of rotatable bonds is 5. The summed E-state index contributed by atoms with van der Waals surface area (Å²) >= 11 is 0. The number of aromatic nitrogens is 3. The third kappa shape index (κ3) is 7.12. The van der Waals surface area contributed by atoms with Crippen LogP contribution in [0.25, 0.3) is 0 Å². The second-order valence-electron chi connectivity index (χ2n) is 6.29. The van der Waals surface area contributed by atoms with E-state index in [1.807, 2.05) is 0 Å². The molecule has 9 heteroatoms. The molecule has 6 nitrogen and oxygen atoms in total. The van der Waals surface area contributed by atoms with E-state index in [0.717, 1.165) is 18.4 Å². The van der Waals surface area contributed by atoms with Gasteiger partial charge in [0.25, 0.3) is 0 Å². The number of carboxylic acid groups (broad SMARTS) is 1. The van der Waals surface area contributed by atoms with Gasteiger partial charge < -0.3 is 9.84 Å². The van der Waals surface area contributed by atoms with Gasteiger partial charge in [-0.05, 0) is 29.5 Å². The van der Waals surface area contributed by atoms with Gasteiger partial charge in [-0.1, -0.05) is 44.5 Å². The summed E-state index contributed by atoms with van der Waals surface area (Å²) < 4.78 is 41.1. The first kappa shape index (κ1) is 21.5. The minimum atomic E-state index is -4.62. The first-order valence-electron chi connectivity index (χ1n) is 7.90. The van der Waals surface area contributed by atoms with Crippen LogP contribution in [0.15, 0.2) is 30.5 Å². The van der Waals surface area contributed by atoms with Gasteiger partial charge in [0, 0.05) is 7.05 Å². The zero-order valence-electron chi connectivity index (χ0n) is 15.0. The molecule has 144 valence electrons. The first-order chi connectivity index (χ1) is 11.9. The van der Waals surface area contributed by atoms with Crippen molar-refractivity contribution in [2.45, 2.75) is 45.4 Å². The summed E-state index contributed by atoms with van der Waals surface area (Å²) in [5, 5.41) is 15.0. The van der Waals surface area contributed by atoms with Gasteiger partial charge in [-0.15, -0.1) is 18.3 Å². The average molecular weight is 373 g/mol. The fourth-order valence-electron chi connectivity index (χ4n) is 2.32. The second-order valence-corrected chi connectivity index (χ2v) is 6.29. The van der Waals surface area contributed by atoms with Gasteiger partial charge in [-0.2, -0.15) is 0 Å². The van der Waals surface area contributed by atoms with Crippen molar-refractivity contribution in [3.8, 4) is 5.75 Å². The van der Waals surface area contributed by atoms with Gasteiger partial charge in [0.1, 0.15) is 5.75 Å². The highest BCUT2D eigenvalue weighted by Crippen LogP contribution is 2.30. The molecule has 0 saturated carbocycles. The van der Waals surface area contributed by atoms with Crippen molar-refractivity contribution < 1.29 is 27.8 Å². The molecule has 0 saturated heterocycles. The number of hydrogen-bond acceptors (Lipinski definition) is 4. The van der Waals surface area contributed by atoms with Gasteiger partial charge in [-0.25, -0.2) is 4.79 Å². The standard InChI is InChI=1S/C13H17F3O.C4H5N3O2/c1-4-9-12(2,3)10-5-7-11(8-6-10)17-13(14,15)16;1-7-2-3(4(8)9)5-6-7/h5-8H,4,9H2,1-3H3;2H,1H3,(H,8,9). The zero-order chi connectivity index (χ0) is 20.0. The molecule has 1 heterocycles. The predicted molar refractivity (Wildman–Crippen MR) is 89.0 cm³/mol. The fourth-order valence-corrected chi connectivity index (χ4v) is 2.32. The Bertz CT molecular complexity index is 710. The van der Waals surface area contributed by atoms with Crippen molar-refractivity contribution in [2.75, 3.05) is 0 Å². The Kier molecular flexibility index (Phi) is 7.17. The normalized spacial score (nSPS) is 11.5. The van der Waals surface area contributed by atoms with E-state index in [4.69, 9.17) is 5.11 Å². The molecule has 1 aromatic carbocycles. The third-order valence-electron chi connectivity index (χ3n) is 3.57. The molecule has 26 heavy (non-hydrogen) atoms. The topological polar surface area (TPSA) is 77.2 Å². The molecular formula is C17H22F3N3O3. The molecule has 1 N–H and O–H groups in total. The maximum Gasteiger partial charge on any atom is 0.573 e. The minimum Gasteiger partial charge on any atom is -0.476 e. The van der Waals surface area contributed by atoms with Gasteiger partial charge in [-0.3, -0.25) is 4.68 Å². The Morgan fingerprint density at radius 2 is 1.81 bits per heavy atom. The Labute approximate surface area is 149 Å². The van der Waals surface area contributed by atoms with Crippen molar-refractivity contribution in [1.82, 2.24) is 15.0 Å². The molecule has 0 fully saturated rings. The number of aromatic carboxylic acids is 1. The van der Waals surface area contributed by atoms with Crippen LogP contribution in [0.2, 0.25) is 0 Å². The van der Waals surface area contributed by atoms with E-state index < -0.39 is 12.3 Å². The van der Waals surface area contributed by atoms with Crippen LogP contribution < -0.4 is 4.74 Å². The molecule has 0 aliphatic rings. The van der Waals surface area contributed by atoms with E-state index >= 15 is 0 Å². The van der Waals surface area contributed by atoms with Crippen LogP contribution in [0.5, 0.6) is 5.75 Å². The van der Waals surface area contributed by atoms with E-state index in [2.05, 4.69) is 35.8 Å². The highest BCUT2D eigenvalue weighted by Gasteiger charge is 2.31. The molecule has 0 bridgehead atoms. The molecule has 0 aliphatic heterocycles. The Balaban J connectivity index is 0.000000314. The SMILES string of the molecule is CCCC(C)(C)c1ccc(OC(F)(F)F)cc1.Cn1cc(C(=O)O)nn1. The van der Waals surface area contributed by atoms with Gasteiger partial charge >= 0.3 is 12.3 Å². The lowest BCUT2D eigenvalue weighted by Gasteiger charge is -2.24. The van der Waals surface area contributed by atoms with Crippen LogP contribution in [-0.2, 0) is 12.5 Å². The van der Waals surface area contributed by atoms with E-state index in [1.54, 1.807) is 19.2 Å². The monoisotopic (exact) mass is 373 g/mol. The number of carbonyl (C=O) groups is 1. The Hall–Kier alpha value is -2.58. The third-order valence-corrected chi connectivity index (χ3v) is 3.57. The first-order valence-corrected chi connectivity index (χ1v) is 7.90. The molecule has 0 amide bonds. The lowest BCUT2D eigenvalue weighted by atomic mass is 9.81. The van der Waals surface area contributed by atoms with E-state index in [1.165, 1.54) is 23.0 Å². The summed E-state index contributed by atoms with van der Waals surface area (Å²) in [6.45, 7) is 6.25. The molecule has 1 aromatic heterocycles. The number of hydrogen-bond donors (Lipinski definition) is 1. The highest BCUT2D eigenvalue weighted by molar-refractivity contribution is 5.84. The molecular weight excluding hydrogens is 351 g/mol. The van der Waals surface area contributed by atoms with Crippen LogP contribution in [-0.4, -0.2) is 32.4 Å². The summed E-state index contributed by atoms with van der Waals surface area (Å²) in [6.07, 6.45) is -1.26. The fraction of sp³-hybridized carbons (Fsp3) is 0.471. The number of carboxylic acids is 1. The second kappa shape index (κ2) is 8.68. The van der Waals surface area contributed by atoms with Crippen molar-refractivity contribution in [3.05, 3.63) is 41.7 Å². The Morgan fingerprint density at radius 1 is 1.23 bits per heavy atom. The van der Waals surface area contributed by atoms with Crippen LogP contribution >= 0.6 is 0 Å². The van der Waals surface area contributed by atoms with Crippen LogP contribution in [0, 0.1) is 0 Å². The van der Waals surface area contributed by atoms with Crippen LogP contribution in [0.4, 0.5) is 13.2 Å².